The average molecular weight is 210 g/mol. The monoisotopic (exact) mass is 210 g/mol. The molecular weight excluding hydrogens is 192 g/mol. The van der Waals surface area contributed by atoms with Gasteiger partial charge in [-0.05, 0) is 19.9 Å². The summed E-state index contributed by atoms with van der Waals surface area (Å²) in [7, 11) is 1.61. The van der Waals surface area contributed by atoms with Crippen molar-refractivity contribution in [1.82, 2.24) is 4.57 Å². The van der Waals surface area contributed by atoms with Gasteiger partial charge < -0.3 is 15.0 Å². The molecule has 0 bridgehead atoms. The molecule has 4 nitrogen and oxygen atoms in total. The van der Waals surface area contributed by atoms with Crippen molar-refractivity contribution >= 4 is 0 Å². The molecule has 0 aliphatic heterocycles. The minimum absolute atomic E-state index is 0.0398. The van der Waals surface area contributed by atoms with Crippen LogP contribution in [-0.4, -0.2) is 18.3 Å². The maximum absolute atomic E-state index is 11.9. The Kier molecular flexibility index (Phi) is 3.66. The normalized spacial score (nSPS) is 11.7. The van der Waals surface area contributed by atoms with Crippen molar-refractivity contribution in [3.05, 3.63) is 34.2 Å². The highest BCUT2D eigenvalue weighted by Gasteiger charge is 2.18. The third-order valence-corrected chi connectivity index (χ3v) is 2.25. The molecular formula is C11H18N2O2. The van der Waals surface area contributed by atoms with Crippen molar-refractivity contribution in [2.24, 2.45) is 5.73 Å². The van der Waals surface area contributed by atoms with Crippen molar-refractivity contribution in [3.8, 4) is 0 Å². The maximum Gasteiger partial charge on any atom is 0.255 e. The number of nitrogens with two attached hydrogens (primary N) is 1. The van der Waals surface area contributed by atoms with Gasteiger partial charge in [-0.3, -0.25) is 4.79 Å². The van der Waals surface area contributed by atoms with E-state index in [1.807, 2.05) is 19.9 Å². The molecule has 1 aromatic heterocycles. The van der Waals surface area contributed by atoms with Crippen molar-refractivity contribution in [1.29, 1.82) is 0 Å². The molecule has 0 amide bonds. The Balaban J connectivity index is 3.07. The predicted octanol–water partition coefficient (Wildman–Crippen LogP) is 0.689. The van der Waals surface area contributed by atoms with Crippen molar-refractivity contribution in [2.75, 3.05) is 13.7 Å². The van der Waals surface area contributed by atoms with Gasteiger partial charge in [0, 0.05) is 31.0 Å². The van der Waals surface area contributed by atoms with Crippen LogP contribution in [0.4, 0.5) is 0 Å². The molecule has 0 spiro atoms. The summed E-state index contributed by atoms with van der Waals surface area (Å²) in [6.07, 6.45) is 1.75. The second-order valence-electron chi connectivity index (χ2n) is 4.13. The molecule has 0 saturated carbocycles. The molecule has 0 aliphatic rings. The number of pyridine rings is 1. The van der Waals surface area contributed by atoms with Gasteiger partial charge in [0.1, 0.15) is 0 Å². The summed E-state index contributed by atoms with van der Waals surface area (Å²) in [5, 5.41) is 0. The van der Waals surface area contributed by atoms with Crippen LogP contribution in [-0.2, 0) is 16.8 Å². The van der Waals surface area contributed by atoms with Gasteiger partial charge in [0.15, 0.2) is 0 Å². The first kappa shape index (κ1) is 11.9. The summed E-state index contributed by atoms with van der Waals surface area (Å²) >= 11 is 0. The predicted molar refractivity (Wildman–Crippen MR) is 59.8 cm³/mol. The molecule has 0 saturated heterocycles. The number of hydrogen-bond acceptors (Lipinski definition) is 3. The number of aromatic nitrogens is 1. The Labute approximate surface area is 89.7 Å². The topological polar surface area (TPSA) is 57.2 Å². The molecule has 1 aromatic rings. The van der Waals surface area contributed by atoms with Crippen LogP contribution >= 0.6 is 0 Å². The third-order valence-electron chi connectivity index (χ3n) is 2.25. The molecule has 0 fully saturated rings. The Morgan fingerprint density at radius 2 is 2.20 bits per heavy atom. The molecule has 15 heavy (non-hydrogen) atoms. The lowest BCUT2D eigenvalue weighted by Gasteiger charge is -2.19. The molecule has 0 unspecified atom stereocenters. The van der Waals surface area contributed by atoms with Crippen LogP contribution in [0.3, 0.4) is 0 Å². The summed E-state index contributed by atoms with van der Waals surface area (Å²) in [6.45, 7) is 4.72. The smallest absolute Gasteiger partial charge is 0.255 e. The molecule has 4 heteroatoms. The first-order chi connectivity index (χ1) is 6.96. The zero-order chi connectivity index (χ0) is 11.5. The molecule has 1 rings (SSSR count). The Bertz CT molecular complexity index is 377. The fourth-order valence-electron chi connectivity index (χ4n) is 1.39. The molecule has 0 radical (unpaired) electrons. The summed E-state index contributed by atoms with van der Waals surface area (Å²) in [6, 6.07) is 3.60. The first-order valence-electron chi connectivity index (χ1n) is 4.94. The fourth-order valence-corrected chi connectivity index (χ4v) is 1.39. The van der Waals surface area contributed by atoms with E-state index in [4.69, 9.17) is 10.5 Å². The Morgan fingerprint density at radius 3 is 2.73 bits per heavy atom. The van der Waals surface area contributed by atoms with E-state index in [0.717, 1.165) is 0 Å². The van der Waals surface area contributed by atoms with E-state index < -0.39 is 5.54 Å². The molecule has 0 atom stereocenters. The van der Waals surface area contributed by atoms with E-state index in [2.05, 4.69) is 0 Å². The zero-order valence-electron chi connectivity index (χ0n) is 9.49. The Morgan fingerprint density at radius 1 is 1.53 bits per heavy atom. The van der Waals surface area contributed by atoms with Gasteiger partial charge in [0.25, 0.3) is 5.56 Å². The number of nitrogens with zero attached hydrogens (tertiary/aromatic N) is 1. The summed E-state index contributed by atoms with van der Waals surface area (Å²) < 4.78 is 6.55. The minimum atomic E-state index is -0.604. The van der Waals surface area contributed by atoms with Crippen molar-refractivity contribution < 1.29 is 4.74 Å². The number of ether oxygens (including phenoxy) is 1. The van der Waals surface area contributed by atoms with Crippen molar-refractivity contribution in [2.45, 2.75) is 25.9 Å². The molecule has 0 aromatic carbocycles. The second-order valence-corrected chi connectivity index (χ2v) is 4.13. The second kappa shape index (κ2) is 4.59. The van der Waals surface area contributed by atoms with Gasteiger partial charge in [0.2, 0.25) is 0 Å². The summed E-state index contributed by atoms with van der Waals surface area (Å²) in [5.74, 6) is 0. The SMILES string of the molecule is COCCn1cccc(C(C)(C)N)c1=O. The lowest BCUT2D eigenvalue weighted by atomic mass is 9.97. The van der Waals surface area contributed by atoms with E-state index in [9.17, 15) is 4.79 Å². The van der Waals surface area contributed by atoms with E-state index in [1.54, 1.807) is 23.9 Å². The quantitative estimate of drug-likeness (QED) is 0.795. The fraction of sp³-hybridized carbons (Fsp3) is 0.545. The van der Waals surface area contributed by atoms with Gasteiger partial charge in [0.05, 0.1) is 6.61 Å². The molecule has 2 N–H and O–H groups in total. The van der Waals surface area contributed by atoms with Gasteiger partial charge >= 0.3 is 0 Å². The molecule has 0 aliphatic carbocycles. The number of rotatable bonds is 4. The van der Waals surface area contributed by atoms with Gasteiger partial charge in [-0.2, -0.15) is 0 Å². The van der Waals surface area contributed by atoms with Crippen LogP contribution in [0, 0.1) is 0 Å². The zero-order valence-corrected chi connectivity index (χ0v) is 9.49. The summed E-state index contributed by atoms with van der Waals surface area (Å²) in [5.41, 5.74) is 5.89. The number of methoxy groups -OCH3 is 1. The lowest BCUT2D eigenvalue weighted by molar-refractivity contribution is 0.186. The van der Waals surface area contributed by atoms with E-state index in [1.165, 1.54) is 0 Å². The van der Waals surface area contributed by atoms with Gasteiger partial charge in [-0.15, -0.1) is 0 Å². The van der Waals surface area contributed by atoms with Crippen molar-refractivity contribution in [3.63, 3.8) is 0 Å². The first-order valence-corrected chi connectivity index (χ1v) is 4.94. The minimum Gasteiger partial charge on any atom is -0.383 e. The Hall–Kier alpha value is -1.13. The molecule has 84 valence electrons. The van der Waals surface area contributed by atoms with E-state index in [-0.39, 0.29) is 5.56 Å². The van der Waals surface area contributed by atoms with Gasteiger partial charge in [-0.1, -0.05) is 6.07 Å². The van der Waals surface area contributed by atoms with Crippen LogP contribution in [0.1, 0.15) is 19.4 Å². The third kappa shape index (κ3) is 2.91. The van der Waals surface area contributed by atoms with Gasteiger partial charge in [-0.25, -0.2) is 0 Å². The highest BCUT2D eigenvalue weighted by molar-refractivity contribution is 5.18. The standard InChI is InChI=1S/C11H18N2O2/c1-11(2,12)9-5-4-6-13(10(9)14)7-8-15-3/h4-6H,7-8,12H2,1-3H3. The summed E-state index contributed by atoms with van der Waals surface area (Å²) in [4.78, 5) is 11.9. The molecule has 1 heterocycles. The van der Waals surface area contributed by atoms with Crippen LogP contribution in [0.5, 0.6) is 0 Å². The van der Waals surface area contributed by atoms with E-state index in [0.29, 0.717) is 18.7 Å². The largest absolute Gasteiger partial charge is 0.383 e. The number of hydrogen-bond donors (Lipinski definition) is 1. The maximum atomic E-state index is 11.9. The van der Waals surface area contributed by atoms with Crippen LogP contribution in [0.25, 0.3) is 0 Å². The highest BCUT2D eigenvalue weighted by atomic mass is 16.5. The van der Waals surface area contributed by atoms with Crippen LogP contribution in [0.2, 0.25) is 0 Å². The van der Waals surface area contributed by atoms with E-state index >= 15 is 0 Å². The van der Waals surface area contributed by atoms with Crippen LogP contribution < -0.4 is 11.3 Å². The average Bonchev–Trinajstić information content (AvgIpc) is 2.14. The highest BCUT2D eigenvalue weighted by Crippen LogP contribution is 2.11. The lowest BCUT2D eigenvalue weighted by Crippen LogP contribution is -2.38. The van der Waals surface area contributed by atoms with Crippen LogP contribution in [0.15, 0.2) is 23.1 Å².